The summed E-state index contributed by atoms with van der Waals surface area (Å²) in [7, 11) is 0. The Morgan fingerprint density at radius 3 is 2.76 bits per heavy atom. The summed E-state index contributed by atoms with van der Waals surface area (Å²) in [4.78, 5) is 11.2. The van der Waals surface area contributed by atoms with E-state index in [2.05, 4.69) is 4.29 Å². The highest BCUT2D eigenvalue weighted by Gasteiger charge is 2.04. The van der Waals surface area contributed by atoms with Gasteiger partial charge < -0.3 is 9.03 Å². The number of halogens is 1. The van der Waals surface area contributed by atoms with Crippen molar-refractivity contribution in [1.82, 2.24) is 0 Å². The van der Waals surface area contributed by atoms with Gasteiger partial charge in [0, 0.05) is 6.42 Å². The van der Waals surface area contributed by atoms with E-state index >= 15 is 0 Å². The molecule has 3 nitrogen and oxygen atoms in total. The van der Waals surface area contributed by atoms with Crippen molar-refractivity contribution in [2.24, 2.45) is 0 Å². The fraction of sp³-hybridized carbons (Fsp3) is 0.462. The van der Waals surface area contributed by atoms with Crippen LogP contribution in [-0.4, -0.2) is 12.6 Å². The standard InChI is InChI=1S/C13H17ClO3/c1-3-16-13(15)6-4-5-11-7-8-12(17-14)9-10(11)2/h7-9H,3-6H2,1-2H3. The van der Waals surface area contributed by atoms with Crippen LogP contribution in [0.1, 0.15) is 30.9 Å². The van der Waals surface area contributed by atoms with Crippen molar-refractivity contribution < 1.29 is 13.8 Å². The summed E-state index contributed by atoms with van der Waals surface area (Å²) in [6.07, 6.45) is 2.11. The van der Waals surface area contributed by atoms with Gasteiger partial charge >= 0.3 is 5.97 Å². The van der Waals surface area contributed by atoms with Crippen LogP contribution in [0.25, 0.3) is 0 Å². The van der Waals surface area contributed by atoms with E-state index in [9.17, 15) is 4.79 Å². The average Bonchev–Trinajstić information content (AvgIpc) is 2.31. The first-order valence-electron chi connectivity index (χ1n) is 5.71. The second-order valence-corrected chi connectivity index (χ2v) is 3.98. The van der Waals surface area contributed by atoms with E-state index in [4.69, 9.17) is 16.6 Å². The molecular weight excluding hydrogens is 240 g/mol. The van der Waals surface area contributed by atoms with E-state index in [1.807, 2.05) is 32.0 Å². The molecule has 94 valence electrons. The van der Waals surface area contributed by atoms with Crippen LogP contribution in [0.15, 0.2) is 18.2 Å². The van der Waals surface area contributed by atoms with Gasteiger partial charge in [-0.3, -0.25) is 4.79 Å². The van der Waals surface area contributed by atoms with Gasteiger partial charge in [0.1, 0.15) is 17.6 Å². The fourth-order valence-electron chi connectivity index (χ4n) is 1.65. The van der Waals surface area contributed by atoms with Crippen molar-refractivity contribution in [2.75, 3.05) is 6.61 Å². The lowest BCUT2D eigenvalue weighted by Gasteiger charge is -2.07. The van der Waals surface area contributed by atoms with Crippen LogP contribution >= 0.6 is 11.9 Å². The van der Waals surface area contributed by atoms with E-state index in [0.29, 0.717) is 18.8 Å². The Hall–Kier alpha value is -1.22. The van der Waals surface area contributed by atoms with Crippen molar-refractivity contribution in [2.45, 2.75) is 33.1 Å². The van der Waals surface area contributed by atoms with Crippen molar-refractivity contribution in [3.05, 3.63) is 29.3 Å². The molecule has 0 saturated carbocycles. The molecule has 0 unspecified atom stereocenters. The first-order valence-corrected chi connectivity index (χ1v) is 6.02. The summed E-state index contributed by atoms with van der Waals surface area (Å²) in [6, 6.07) is 5.67. The van der Waals surface area contributed by atoms with Gasteiger partial charge in [0.25, 0.3) is 0 Å². The van der Waals surface area contributed by atoms with Gasteiger partial charge in [-0.2, -0.15) is 0 Å². The quantitative estimate of drug-likeness (QED) is 0.732. The Labute approximate surface area is 107 Å². The molecule has 0 aromatic heterocycles. The van der Waals surface area contributed by atoms with Crippen LogP contribution in [0.5, 0.6) is 5.75 Å². The number of carbonyl (C=O) groups excluding carboxylic acids is 1. The van der Waals surface area contributed by atoms with Gasteiger partial charge in [-0.15, -0.1) is 0 Å². The van der Waals surface area contributed by atoms with Crippen LogP contribution in [-0.2, 0) is 16.0 Å². The molecule has 0 radical (unpaired) electrons. The second-order valence-electron chi connectivity index (χ2n) is 3.82. The molecule has 0 amide bonds. The molecule has 1 aromatic rings. The van der Waals surface area contributed by atoms with E-state index in [-0.39, 0.29) is 5.97 Å². The first-order chi connectivity index (χ1) is 8.17. The number of aryl methyl sites for hydroxylation is 2. The average molecular weight is 257 g/mol. The van der Waals surface area contributed by atoms with Gasteiger partial charge in [-0.05, 0) is 49.9 Å². The smallest absolute Gasteiger partial charge is 0.305 e. The zero-order valence-electron chi connectivity index (χ0n) is 10.2. The second kappa shape index (κ2) is 7.17. The van der Waals surface area contributed by atoms with E-state index in [1.54, 1.807) is 0 Å². The zero-order chi connectivity index (χ0) is 12.7. The summed E-state index contributed by atoms with van der Waals surface area (Å²) >= 11 is 5.27. The van der Waals surface area contributed by atoms with Gasteiger partial charge in [-0.1, -0.05) is 6.07 Å². The molecular formula is C13H17ClO3. The molecule has 0 aliphatic rings. The number of carbonyl (C=O) groups is 1. The lowest BCUT2D eigenvalue weighted by molar-refractivity contribution is -0.143. The largest absolute Gasteiger partial charge is 0.466 e. The summed E-state index contributed by atoms with van der Waals surface area (Å²) in [5, 5.41) is 0. The van der Waals surface area contributed by atoms with E-state index in [1.165, 1.54) is 5.56 Å². The molecule has 1 rings (SSSR count). The highest BCUT2D eigenvalue weighted by Crippen LogP contribution is 2.19. The first kappa shape index (κ1) is 13.8. The number of hydrogen-bond acceptors (Lipinski definition) is 3. The Morgan fingerprint density at radius 2 is 2.18 bits per heavy atom. The Kier molecular flexibility index (Phi) is 5.84. The predicted octanol–water partition coefficient (Wildman–Crippen LogP) is 3.41. The highest BCUT2D eigenvalue weighted by molar-refractivity contribution is 6.09. The highest BCUT2D eigenvalue weighted by atomic mass is 35.5. The predicted molar refractivity (Wildman–Crippen MR) is 67.2 cm³/mol. The van der Waals surface area contributed by atoms with Crippen LogP contribution < -0.4 is 4.29 Å². The minimum atomic E-state index is -0.133. The number of ether oxygens (including phenoxy) is 1. The monoisotopic (exact) mass is 256 g/mol. The maximum absolute atomic E-state index is 11.2. The van der Waals surface area contributed by atoms with Crippen molar-refractivity contribution in [3.8, 4) is 5.75 Å². The van der Waals surface area contributed by atoms with Crippen molar-refractivity contribution in [1.29, 1.82) is 0 Å². The maximum atomic E-state index is 11.2. The third kappa shape index (κ3) is 4.65. The molecule has 4 heteroatoms. The molecule has 0 saturated heterocycles. The molecule has 0 fully saturated rings. The molecule has 0 N–H and O–H groups in total. The molecule has 0 spiro atoms. The van der Waals surface area contributed by atoms with Crippen molar-refractivity contribution >= 4 is 17.8 Å². The molecule has 0 heterocycles. The van der Waals surface area contributed by atoms with Crippen LogP contribution in [0.3, 0.4) is 0 Å². The summed E-state index contributed by atoms with van der Waals surface area (Å²) in [6.45, 7) is 4.26. The molecule has 0 bridgehead atoms. The molecule has 1 aromatic carbocycles. The van der Waals surface area contributed by atoms with Gasteiger partial charge in [0.05, 0.1) is 6.61 Å². The fourth-order valence-corrected chi connectivity index (χ4v) is 1.75. The third-order valence-electron chi connectivity index (χ3n) is 2.54. The Bertz CT molecular complexity index is 377. The topological polar surface area (TPSA) is 35.5 Å². The third-order valence-corrected chi connectivity index (χ3v) is 2.71. The summed E-state index contributed by atoms with van der Waals surface area (Å²) in [5.41, 5.74) is 2.32. The maximum Gasteiger partial charge on any atom is 0.305 e. The summed E-state index contributed by atoms with van der Waals surface area (Å²) < 4.78 is 9.49. The van der Waals surface area contributed by atoms with E-state index < -0.39 is 0 Å². The molecule has 0 aliphatic heterocycles. The lowest BCUT2D eigenvalue weighted by Crippen LogP contribution is -2.04. The number of rotatable bonds is 6. The van der Waals surface area contributed by atoms with Gasteiger partial charge in [-0.25, -0.2) is 0 Å². The van der Waals surface area contributed by atoms with Crippen LogP contribution in [0, 0.1) is 6.92 Å². The normalized spacial score (nSPS) is 10.1. The Balaban J connectivity index is 2.44. The number of esters is 1. The van der Waals surface area contributed by atoms with Gasteiger partial charge in [0.15, 0.2) is 0 Å². The van der Waals surface area contributed by atoms with Crippen LogP contribution in [0.2, 0.25) is 0 Å². The molecule has 0 atom stereocenters. The Morgan fingerprint density at radius 1 is 1.41 bits per heavy atom. The number of hydrogen-bond donors (Lipinski definition) is 0. The van der Waals surface area contributed by atoms with Crippen LogP contribution in [0.4, 0.5) is 0 Å². The van der Waals surface area contributed by atoms with Gasteiger partial charge in [0.2, 0.25) is 0 Å². The minimum absolute atomic E-state index is 0.133. The molecule has 0 aliphatic carbocycles. The lowest BCUT2D eigenvalue weighted by atomic mass is 10.0. The summed E-state index contributed by atoms with van der Waals surface area (Å²) in [5.74, 6) is 0.504. The molecule has 17 heavy (non-hydrogen) atoms. The van der Waals surface area contributed by atoms with E-state index in [0.717, 1.165) is 18.4 Å². The number of benzene rings is 1. The minimum Gasteiger partial charge on any atom is -0.466 e. The van der Waals surface area contributed by atoms with Crippen molar-refractivity contribution in [3.63, 3.8) is 0 Å². The zero-order valence-corrected chi connectivity index (χ0v) is 10.9. The SMILES string of the molecule is CCOC(=O)CCCc1ccc(OCl)cc1C.